The number of nitrogens with zero attached hydrogens (tertiary/aromatic N) is 1. The number of carbonyl (C=O) groups excluding carboxylic acids is 2. The molecule has 6 nitrogen and oxygen atoms in total. The molecule has 2 aliphatic heterocycles. The molecular weight excluding hydrogens is 336 g/mol. The van der Waals surface area contributed by atoms with Crippen LogP contribution in [0.5, 0.6) is 0 Å². The molecule has 0 aromatic heterocycles. The summed E-state index contributed by atoms with van der Waals surface area (Å²) in [5, 5.41) is 11.5. The van der Waals surface area contributed by atoms with Crippen LogP contribution in [0.4, 0.5) is 5.69 Å². The van der Waals surface area contributed by atoms with Crippen molar-refractivity contribution in [2.45, 2.75) is 13.3 Å². The van der Waals surface area contributed by atoms with E-state index in [1.807, 2.05) is 19.1 Å². The van der Waals surface area contributed by atoms with E-state index in [0.717, 1.165) is 17.3 Å². The SMILES string of the molecule is Cc1ccc2c(c1)C(=C1SC(=S)N(CCC(=O)O)C1=O)C(=O)N2. The number of aliphatic carboxylic acids is 1. The molecule has 0 aliphatic carbocycles. The van der Waals surface area contributed by atoms with Crippen molar-refractivity contribution in [3.8, 4) is 0 Å². The second-order valence-corrected chi connectivity index (χ2v) is 6.82. The molecule has 0 spiro atoms. The molecule has 23 heavy (non-hydrogen) atoms. The van der Waals surface area contributed by atoms with Crippen LogP contribution in [0.1, 0.15) is 17.5 Å². The summed E-state index contributed by atoms with van der Waals surface area (Å²) in [5.74, 6) is -1.77. The van der Waals surface area contributed by atoms with Crippen molar-refractivity contribution in [1.82, 2.24) is 4.90 Å². The van der Waals surface area contributed by atoms with Crippen molar-refractivity contribution >= 4 is 57.3 Å². The minimum Gasteiger partial charge on any atom is -0.481 e. The van der Waals surface area contributed by atoms with Gasteiger partial charge in [0.2, 0.25) is 0 Å². The monoisotopic (exact) mass is 348 g/mol. The van der Waals surface area contributed by atoms with E-state index in [-0.39, 0.29) is 28.1 Å². The molecule has 1 aromatic carbocycles. The van der Waals surface area contributed by atoms with Crippen molar-refractivity contribution in [2.24, 2.45) is 0 Å². The second kappa shape index (κ2) is 5.78. The summed E-state index contributed by atoms with van der Waals surface area (Å²) < 4.78 is 0.271. The van der Waals surface area contributed by atoms with Gasteiger partial charge in [-0.2, -0.15) is 0 Å². The molecule has 1 aromatic rings. The van der Waals surface area contributed by atoms with Gasteiger partial charge in [-0.3, -0.25) is 19.3 Å². The Labute approximate surface area is 141 Å². The fourth-order valence-electron chi connectivity index (χ4n) is 2.46. The van der Waals surface area contributed by atoms with E-state index < -0.39 is 11.9 Å². The van der Waals surface area contributed by atoms with Gasteiger partial charge >= 0.3 is 5.97 Å². The smallest absolute Gasteiger partial charge is 0.305 e. The van der Waals surface area contributed by atoms with Crippen LogP contribution >= 0.6 is 24.0 Å². The first kappa shape index (κ1) is 15.7. The van der Waals surface area contributed by atoms with Crippen molar-refractivity contribution in [3.63, 3.8) is 0 Å². The summed E-state index contributed by atoms with van der Waals surface area (Å²) >= 11 is 6.19. The van der Waals surface area contributed by atoms with Gasteiger partial charge in [0.15, 0.2) is 0 Å². The van der Waals surface area contributed by atoms with Gasteiger partial charge < -0.3 is 10.4 Å². The van der Waals surface area contributed by atoms with Crippen LogP contribution in [-0.2, 0) is 14.4 Å². The number of anilines is 1. The highest BCUT2D eigenvalue weighted by atomic mass is 32.2. The zero-order valence-electron chi connectivity index (χ0n) is 12.1. The van der Waals surface area contributed by atoms with Gasteiger partial charge in [0, 0.05) is 17.8 Å². The molecule has 0 saturated carbocycles. The molecule has 2 aliphatic rings. The fraction of sp³-hybridized carbons (Fsp3) is 0.200. The number of hydrogen-bond acceptors (Lipinski definition) is 5. The molecule has 0 radical (unpaired) electrons. The Kier molecular flexibility index (Phi) is 3.95. The second-order valence-electron chi connectivity index (χ2n) is 5.18. The maximum Gasteiger partial charge on any atom is 0.305 e. The van der Waals surface area contributed by atoms with E-state index in [4.69, 9.17) is 17.3 Å². The predicted octanol–water partition coefficient (Wildman–Crippen LogP) is 1.99. The number of hydrogen-bond donors (Lipinski definition) is 2. The zero-order valence-corrected chi connectivity index (χ0v) is 13.7. The van der Waals surface area contributed by atoms with Crippen molar-refractivity contribution < 1.29 is 19.5 Å². The van der Waals surface area contributed by atoms with E-state index in [1.165, 1.54) is 4.90 Å². The van der Waals surface area contributed by atoms with Gasteiger partial charge in [0.05, 0.1) is 16.9 Å². The fourth-order valence-corrected chi connectivity index (χ4v) is 3.84. The molecule has 0 bridgehead atoms. The Balaban J connectivity index is 2.01. The normalized spacial score (nSPS) is 20.0. The molecule has 2 N–H and O–H groups in total. The topological polar surface area (TPSA) is 86.7 Å². The van der Waals surface area contributed by atoms with Crippen LogP contribution in [0, 0.1) is 6.92 Å². The minimum atomic E-state index is -1.01. The number of benzene rings is 1. The van der Waals surface area contributed by atoms with E-state index in [2.05, 4.69) is 5.32 Å². The number of carbonyl (C=O) groups is 3. The van der Waals surface area contributed by atoms with Crippen molar-refractivity contribution in [2.75, 3.05) is 11.9 Å². The Morgan fingerprint density at radius 3 is 2.83 bits per heavy atom. The summed E-state index contributed by atoms with van der Waals surface area (Å²) in [6.45, 7) is 1.90. The van der Waals surface area contributed by atoms with E-state index >= 15 is 0 Å². The van der Waals surface area contributed by atoms with Crippen LogP contribution < -0.4 is 5.32 Å². The number of carboxylic acid groups (broad SMARTS) is 1. The molecule has 0 unspecified atom stereocenters. The first-order chi connectivity index (χ1) is 10.9. The van der Waals surface area contributed by atoms with Gasteiger partial charge in [0.1, 0.15) is 4.32 Å². The first-order valence-electron chi connectivity index (χ1n) is 6.80. The molecule has 0 atom stereocenters. The number of nitrogens with one attached hydrogen (secondary N) is 1. The highest BCUT2D eigenvalue weighted by molar-refractivity contribution is 8.26. The highest BCUT2D eigenvalue weighted by Crippen LogP contribution is 2.42. The lowest BCUT2D eigenvalue weighted by atomic mass is 10.0. The van der Waals surface area contributed by atoms with Gasteiger partial charge in [0.25, 0.3) is 11.8 Å². The van der Waals surface area contributed by atoms with Crippen LogP contribution in [0.2, 0.25) is 0 Å². The third-order valence-corrected chi connectivity index (χ3v) is 4.99. The van der Waals surface area contributed by atoms with Gasteiger partial charge in [-0.1, -0.05) is 35.6 Å². The molecular formula is C15H12N2O4S2. The Morgan fingerprint density at radius 1 is 1.39 bits per heavy atom. The highest BCUT2D eigenvalue weighted by Gasteiger charge is 2.39. The summed E-state index contributed by atoms with van der Waals surface area (Å²) in [6, 6.07) is 5.51. The number of fused-ring (bicyclic) bond motifs is 1. The summed E-state index contributed by atoms with van der Waals surface area (Å²) in [7, 11) is 0. The molecule has 1 fully saturated rings. The van der Waals surface area contributed by atoms with Gasteiger partial charge in [-0.15, -0.1) is 0 Å². The van der Waals surface area contributed by atoms with Crippen molar-refractivity contribution in [3.05, 3.63) is 34.2 Å². The quantitative estimate of drug-likeness (QED) is 0.642. The summed E-state index contributed by atoms with van der Waals surface area (Å²) in [6.07, 6.45) is -0.197. The maximum absolute atomic E-state index is 12.5. The number of thioether (sulfide) groups is 1. The lowest BCUT2D eigenvalue weighted by Gasteiger charge is -2.12. The summed E-state index contributed by atoms with van der Waals surface area (Å²) in [5.41, 5.74) is 2.61. The van der Waals surface area contributed by atoms with Crippen LogP contribution in [0.3, 0.4) is 0 Å². The van der Waals surface area contributed by atoms with E-state index in [1.54, 1.807) is 6.07 Å². The lowest BCUT2D eigenvalue weighted by Crippen LogP contribution is -2.30. The van der Waals surface area contributed by atoms with E-state index in [0.29, 0.717) is 16.8 Å². The number of carboxylic acids is 1. The molecule has 118 valence electrons. The Bertz CT molecular complexity index is 801. The predicted molar refractivity (Wildman–Crippen MR) is 90.9 cm³/mol. The average Bonchev–Trinajstić information content (AvgIpc) is 2.93. The van der Waals surface area contributed by atoms with Crippen LogP contribution in [0.25, 0.3) is 5.57 Å². The number of thiocarbonyl (C=S) groups is 1. The van der Waals surface area contributed by atoms with Gasteiger partial charge in [-0.25, -0.2) is 0 Å². The Morgan fingerprint density at radius 2 is 2.13 bits per heavy atom. The van der Waals surface area contributed by atoms with Crippen LogP contribution in [-0.4, -0.2) is 38.7 Å². The number of rotatable bonds is 3. The number of aryl methyl sites for hydroxylation is 1. The zero-order chi connectivity index (χ0) is 16.7. The third kappa shape index (κ3) is 2.75. The average molecular weight is 348 g/mol. The lowest BCUT2D eigenvalue weighted by molar-refractivity contribution is -0.137. The molecule has 3 rings (SSSR count). The van der Waals surface area contributed by atoms with Crippen molar-refractivity contribution in [1.29, 1.82) is 0 Å². The largest absolute Gasteiger partial charge is 0.481 e. The first-order valence-corrected chi connectivity index (χ1v) is 8.03. The van der Waals surface area contributed by atoms with Crippen LogP contribution in [0.15, 0.2) is 23.1 Å². The minimum absolute atomic E-state index is 0.000919. The Hall–Kier alpha value is -2.19. The third-order valence-electron chi connectivity index (χ3n) is 3.55. The van der Waals surface area contributed by atoms with E-state index in [9.17, 15) is 14.4 Å². The molecule has 8 heteroatoms. The summed E-state index contributed by atoms with van der Waals surface area (Å²) in [4.78, 5) is 37.0. The molecule has 2 amide bonds. The molecule has 2 heterocycles. The molecule has 1 saturated heterocycles. The maximum atomic E-state index is 12.5. The van der Waals surface area contributed by atoms with Gasteiger partial charge in [-0.05, 0) is 19.1 Å². The number of amides is 2. The standard InChI is InChI=1S/C15H12N2O4S2/c1-7-2-3-9-8(6-7)11(13(20)16-9)12-14(21)17(15(22)23-12)5-4-10(18)19/h2-3,6H,4-5H2,1H3,(H,16,20)(H,18,19).